The molecule has 1 heterocycles. The molecule has 0 unspecified atom stereocenters. The summed E-state index contributed by atoms with van der Waals surface area (Å²) in [6, 6.07) is 9.25. The van der Waals surface area contributed by atoms with Crippen LogP contribution >= 0.6 is 0 Å². The molecule has 1 aliphatic heterocycles. The minimum absolute atomic E-state index is 0.0517. The number of nitrogens with one attached hydrogen (secondary N) is 2. The third-order valence-corrected chi connectivity index (χ3v) is 4.45. The Morgan fingerprint density at radius 3 is 2.61 bits per heavy atom. The Hall–Kier alpha value is -2.04. The zero-order valence-corrected chi connectivity index (χ0v) is 14.3. The molecule has 0 aromatic heterocycles. The van der Waals surface area contributed by atoms with Crippen molar-refractivity contribution in [3.8, 4) is 0 Å². The van der Waals surface area contributed by atoms with Gasteiger partial charge in [0.15, 0.2) is 0 Å². The van der Waals surface area contributed by atoms with Gasteiger partial charge in [-0.3, -0.25) is 4.79 Å². The van der Waals surface area contributed by atoms with Gasteiger partial charge >= 0.3 is 6.03 Å². The minimum Gasteiger partial charge on any atom is -0.349 e. The Bertz CT molecular complexity index is 542. The van der Waals surface area contributed by atoms with E-state index in [2.05, 4.69) is 10.6 Å². The van der Waals surface area contributed by atoms with Crippen LogP contribution < -0.4 is 10.6 Å². The van der Waals surface area contributed by atoms with Crippen molar-refractivity contribution in [1.29, 1.82) is 0 Å². The fourth-order valence-electron chi connectivity index (χ4n) is 2.66. The van der Waals surface area contributed by atoms with Crippen LogP contribution in [0.15, 0.2) is 30.3 Å². The van der Waals surface area contributed by atoms with Crippen molar-refractivity contribution < 1.29 is 9.59 Å². The lowest BCUT2D eigenvalue weighted by atomic mass is 10.0. The number of amides is 3. The highest BCUT2D eigenvalue weighted by Gasteiger charge is 2.35. The standard InChI is InChI=1S/C18H27N3O2/c1-4-18(2,3)20-16(22)15-11-8-12-21(15)17(23)19-13-14-9-6-5-7-10-14/h5-7,9-10,15H,4,8,11-13H2,1-3H3,(H,19,23)(H,20,22)/t15-/m1/s1. The summed E-state index contributed by atoms with van der Waals surface area (Å²) in [4.78, 5) is 26.5. The molecule has 1 aliphatic rings. The van der Waals surface area contributed by atoms with Crippen LogP contribution in [0.2, 0.25) is 0 Å². The van der Waals surface area contributed by atoms with E-state index in [0.717, 1.165) is 24.8 Å². The summed E-state index contributed by atoms with van der Waals surface area (Å²) in [5.74, 6) is -0.0517. The van der Waals surface area contributed by atoms with E-state index in [4.69, 9.17) is 0 Å². The Morgan fingerprint density at radius 1 is 1.26 bits per heavy atom. The highest BCUT2D eigenvalue weighted by Crippen LogP contribution is 2.19. The lowest BCUT2D eigenvalue weighted by Crippen LogP contribution is -2.53. The van der Waals surface area contributed by atoms with Gasteiger partial charge in [-0.15, -0.1) is 0 Å². The van der Waals surface area contributed by atoms with Crippen molar-refractivity contribution in [1.82, 2.24) is 15.5 Å². The van der Waals surface area contributed by atoms with Crippen molar-refractivity contribution >= 4 is 11.9 Å². The second-order valence-corrected chi connectivity index (χ2v) is 6.72. The topological polar surface area (TPSA) is 61.4 Å². The Labute approximate surface area is 138 Å². The molecule has 1 saturated heterocycles. The van der Waals surface area contributed by atoms with Crippen molar-refractivity contribution in [2.45, 2.75) is 58.2 Å². The predicted octanol–water partition coefficient (Wildman–Crippen LogP) is 2.67. The molecule has 23 heavy (non-hydrogen) atoms. The van der Waals surface area contributed by atoms with E-state index < -0.39 is 0 Å². The van der Waals surface area contributed by atoms with Gasteiger partial charge in [-0.25, -0.2) is 4.79 Å². The van der Waals surface area contributed by atoms with E-state index in [0.29, 0.717) is 13.1 Å². The smallest absolute Gasteiger partial charge is 0.318 e. The molecule has 1 aromatic rings. The normalized spacial score (nSPS) is 17.9. The van der Waals surface area contributed by atoms with Gasteiger partial charge in [0.2, 0.25) is 5.91 Å². The maximum atomic E-state index is 12.5. The van der Waals surface area contributed by atoms with Crippen molar-refractivity contribution in [3.05, 3.63) is 35.9 Å². The lowest BCUT2D eigenvalue weighted by molar-refractivity contribution is -0.126. The van der Waals surface area contributed by atoms with Crippen molar-refractivity contribution in [2.75, 3.05) is 6.54 Å². The average molecular weight is 317 g/mol. The van der Waals surface area contributed by atoms with E-state index in [1.807, 2.05) is 51.1 Å². The monoisotopic (exact) mass is 317 g/mol. The molecule has 0 radical (unpaired) electrons. The SMILES string of the molecule is CCC(C)(C)NC(=O)[C@H]1CCCN1C(=O)NCc1ccccc1. The van der Waals surface area contributed by atoms with Gasteiger partial charge in [0.25, 0.3) is 0 Å². The largest absolute Gasteiger partial charge is 0.349 e. The number of likely N-dealkylation sites (tertiary alicyclic amines) is 1. The highest BCUT2D eigenvalue weighted by molar-refractivity contribution is 5.88. The second kappa shape index (κ2) is 7.49. The molecular formula is C18H27N3O2. The predicted molar refractivity (Wildman–Crippen MR) is 90.9 cm³/mol. The first-order valence-electron chi connectivity index (χ1n) is 8.33. The molecular weight excluding hydrogens is 290 g/mol. The molecule has 0 bridgehead atoms. The van der Waals surface area contributed by atoms with Crippen LogP contribution in [0, 0.1) is 0 Å². The van der Waals surface area contributed by atoms with Gasteiger partial charge in [-0.05, 0) is 38.7 Å². The third-order valence-electron chi connectivity index (χ3n) is 4.45. The summed E-state index contributed by atoms with van der Waals surface area (Å²) in [5, 5.41) is 5.96. The molecule has 0 saturated carbocycles. The van der Waals surface area contributed by atoms with Gasteiger partial charge in [0.05, 0.1) is 0 Å². The van der Waals surface area contributed by atoms with Crippen molar-refractivity contribution in [3.63, 3.8) is 0 Å². The van der Waals surface area contributed by atoms with Crippen LogP contribution in [-0.4, -0.2) is 35.0 Å². The van der Waals surface area contributed by atoms with Crippen LogP contribution in [0.3, 0.4) is 0 Å². The van der Waals surface area contributed by atoms with Crippen LogP contribution in [0.1, 0.15) is 45.6 Å². The van der Waals surface area contributed by atoms with Crippen LogP contribution in [0.25, 0.3) is 0 Å². The number of rotatable bonds is 5. The Kier molecular flexibility index (Phi) is 5.64. The third kappa shape index (κ3) is 4.71. The average Bonchev–Trinajstić information content (AvgIpc) is 3.03. The van der Waals surface area contributed by atoms with Crippen LogP contribution in [0.4, 0.5) is 4.79 Å². The summed E-state index contributed by atoms with van der Waals surface area (Å²) in [6.07, 6.45) is 2.44. The summed E-state index contributed by atoms with van der Waals surface area (Å²) in [7, 11) is 0. The number of nitrogens with zero attached hydrogens (tertiary/aromatic N) is 1. The fourth-order valence-corrected chi connectivity index (χ4v) is 2.66. The summed E-state index contributed by atoms with van der Waals surface area (Å²) < 4.78 is 0. The maximum absolute atomic E-state index is 12.5. The highest BCUT2D eigenvalue weighted by atomic mass is 16.2. The molecule has 2 rings (SSSR count). The van der Waals surface area contributed by atoms with E-state index in [9.17, 15) is 9.59 Å². The molecule has 0 spiro atoms. The first-order chi connectivity index (χ1) is 10.9. The summed E-state index contributed by atoms with van der Waals surface area (Å²) in [6.45, 7) is 7.15. The maximum Gasteiger partial charge on any atom is 0.318 e. The molecule has 5 heteroatoms. The Morgan fingerprint density at radius 2 is 1.96 bits per heavy atom. The number of carbonyl (C=O) groups excluding carboxylic acids is 2. The van der Waals surface area contributed by atoms with Crippen molar-refractivity contribution in [2.24, 2.45) is 0 Å². The molecule has 1 aromatic carbocycles. The van der Waals surface area contributed by atoms with E-state index in [-0.39, 0.29) is 23.5 Å². The van der Waals surface area contributed by atoms with Gasteiger partial charge in [-0.1, -0.05) is 37.3 Å². The van der Waals surface area contributed by atoms with Gasteiger partial charge in [0.1, 0.15) is 6.04 Å². The first-order valence-corrected chi connectivity index (χ1v) is 8.33. The molecule has 3 amide bonds. The molecule has 2 N–H and O–H groups in total. The summed E-state index contributed by atoms with van der Waals surface area (Å²) >= 11 is 0. The number of urea groups is 1. The van der Waals surface area contributed by atoms with Gasteiger partial charge in [-0.2, -0.15) is 0 Å². The number of carbonyl (C=O) groups is 2. The molecule has 0 aliphatic carbocycles. The Balaban J connectivity index is 1.92. The van der Waals surface area contributed by atoms with Crippen LogP contribution in [0.5, 0.6) is 0 Å². The van der Waals surface area contributed by atoms with E-state index in [1.54, 1.807) is 4.90 Å². The number of benzene rings is 1. The molecule has 126 valence electrons. The second-order valence-electron chi connectivity index (χ2n) is 6.72. The zero-order valence-electron chi connectivity index (χ0n) is 14.3. The van der Waals surface area contributed by atoms with Gasteiger partial charge in [0, 0.05) is 18.6 Å². The van der Waals surface area contributed by atoms with Crippen LogP contribution in [-0.2, 0) is 11.3 Å². The first kappa shape index (κ1) is 17.3. The van der Waals surface area contributed by atoms with E-state index >= 15 is 0 Å². The number of hydrogen-bond donors (Lipinski definition) is 2. The molecule has 5 nitrogen and oxygen atoms in total. The fraction of sp³-hybridized carbons (Fsp3) is 0.556. The number of hydrogen-bond acceptors (Lipinski definition) is 2. The molecule has 1 fully saturated rings. The van der Waals surface area contributed by atoms with E-state index in [1.165, 1.54) is 0 Å². The van der Waals surface area contributed by atoms with Gasteiger partial charge < -0.3 is 15.5 Å². The zero-order chi connectivity index (χ0) is 16.9. The lowest BCUT2D eigenvalue weighted by Gasteiger charge is -2.30. The molecule has 1 atom stereocenters. The quantitative estimate of drug-likeness (QED) is 0.877. The minimum atomic E-state index is -0.364. The summed E-state index contributed by atoms with van der Waals surface area (Å²) in [5.41, 5.74) is 0.805.